The summed E-state index contributed by atoms with van der Waals surface area (Å²) in [4.78, 5) is 19.8. The number of nitrogens with zero attached hydrogens (tertiary/aromatic N) is 4. The lowest BCUT2D eigenvalue weighted by molar-refractivity contribution is -0.127. The minimum Gasteiger partial charge on any atom is -0.497 e. The molecule has 3 aromatic rings. The van der Waals surface area contributed by atoms with E-state index < -0.39 is 0 Å². The second kappa shape index (κ2) is 13.8. The van der Waals surface area contributed by atoms with Crippen molar-refractivity contribution in [2.24, 2.45) is 0 Å². The molecule has 1 amide bonds. The van der Waals surface area contributed by atoms with Crippen molar-refractivity contribution in [1.29, 1.82) is 0 Å². The van der Waals surface area contributed by atoms with Crippen molar-refractivity contribution >= 4 is 22.9 Å². The largest absolute Gasteiger partial charge is 0.497 e. The lowest BCUT2D eigenvalue weighted by Gasteiger charge is -2.34. The number of methoxy groups -OCH3 is 1. The first-order chi connectivity index (χ1) is 18.9. The Morgan fingerprint density at radius 1 is 1.05 bits per heavy atom. The molecular formula is C32H43FN4O2. The van der Waals surface area contributed by atoms with E-state index in [2.05, 4.69) is 47.3 Å². The van der Waals surface area contributed by atoms with Crippen molar-refractivity contribution in [2.75, 3.05) is 59.5 Å². The second-order valence-electron chi connectivity index (χ2n) is 10.3. The van der Waals surface area contributed by atoms with Crippen LogP contribution in [0.3, 0.4) is 0 Å². The first-order valence-electron chi connectivity index (χ1n) is 14.3. The topological polar surface area (TPSA) is 41.0 Å². The Hall–Kier alpha value is -3.16. The van der Waals surface area contributed by atoms with Crippen molar-refractivity contribution in [2.45, 2.75) is 40.2 Å². The first-order valence-corrected chi connectivity index (χ1v) is 14.3. The van der Waals surface area contributed by atoms with Crippen molar-refractivity contribution < 1.29 is 13.9 Å². The van der Waals surface area contributed by atoms with Crippen LogP contribution in [0.15, 0.2) is 48.5 Å². The standard InChI is InChI=1S/C32H43FN4O2/c1-5-34(6-2)16-8-17-37-25(3)29(30-24-28(39-4)11-13-31(30)37)12-14-32(38)36-21-19-35(20-22-36)18-15-26-9-7-10-27(33)23-26/h7,9-14,23-24H,5-6,8,15-22H2,1-4H3/b14-12+. The Morgan fingerprint density at radius 2 is 1.82 bits per heavy atom. The monoisotopic (exact) mass is 534 g/mol. The number of carbonyl (C=O) groups excluding carboxylic acids is 1. The molecule has 1 aliphatic rings. The molecule has 0 spiro atoms. The van der Waals surface area contributed by atoms with Gasteiger partial charge in [0.2, 0.25) is 5.91 Å². The van der Waals surface area contributed by atoms with Crippen molar-refractivity contribution in [1.82, 2.24) is 19.3 Å². The van der Waals surface area contributed by atoms with Crippen LogP contribution in [0.1, 0.15) is 37.1 Å². The number of hydrogen-bond donors (Lipinski definition) is 0. The summed E-state index contributed by atoms with van der Waals surface area (Å²) in [6.07, 6.45) is 5.60. The average Bonchev–Trinajstić information content (AvgIpc) is 3.22. The number of carbonyl (C=O) groups is 1. The van der Waals surface area contributed by atoms with Gasteiger partial charge in [-0.3, -0.25) is 9.69 Å². The van der Waals surface area contributed by atoms with Gasteiger partial charge in [0.1, 0.15) is 11.6 Å². The summed E-state index contributed by atoms with van der Waals surface area (Å²) >= 11 is 0. The predicted molar refractivity (Wildman–Crippen MR) is 158 cm³/mol. The van der Waals surface area contributed by atoms with E-state index in [0.29, 0.717) is 13.1 Å². The number of fused-ring (bicyclic) bond motifs is 1. The molecule has 6 nitrogen and oxygen atoms in total. The van der Waals surface area contributed by atoms with Gasteiger partial charge < -0.3 is 19.1 Å². The minimum atomic E-state index is -0.189. The van der Waals surface area contributed by atoms with Gasteiger partial charge in [0.25, 0.3) is 0 Å². The summed E-state index contributed by atoms with van der Waals surface area (Å²) in [6, 6.07) is 13.0. The van der Waals surface area contributed by atoms with Crippen LogP contribution < -0.4 is 4.74 Å². The van der Waals surface area contributed by atoms with Gasteiger partial charge in [-0.25, -0.2) is 4.39 Å². The van der Waals surface area contributed by atoms with Gasteiger partial charge in [-0.15, -0.1) is 0 Å². The molecule has 0 aliphatic carbocycles. The lowest BCUT2D eigenvalue weighted by Crippen LogP contribution is -2.48. The number of hydrogen-bond acceptors (Lipinski definition) is 4. The third kappa shape index (κ3) is 7.28. The number of halogens is 1. The van der Waals surface area contributed by atoms with Crippen LogP contribution in [0.25, 0.3) is 17.0 Å². The normalized spacial score (nSPS) is 14.7. The van der Waals surface area contributed by atoms with E-state index in [9.17, 15) is 9.18 Å². The molecule has 210 valence electrons. The average molecular weight is 535 g/mol. The molecule has 1 saturated heterocycles. The van der Waals surface area contributed by atoms with E-state index in [4.69, 9.17) is 4.74 Å². The number of aromatic nitrogens is 1. The molecule has 0 unspecified atom stereocenters. The second-order valence-corrected chi connectivity index (χ2v) is 10.3. The molecular weight excluding hydrogens is 491 g/mol. The molecule has 1 fully saturated rings. The van der Waals surface area contributed by atoms with Crippen LogP contribution in [0.5, 0.6) is 5.75 Å². The molecule has 0 atom stereocenters. The van der Waals surface area contributed by atoms with Crippen LogP contribution in [0.2, 0.25) is 0 Å². The van der Waals surface area contributed by atoms with E-state index in [0.717, 1.165) is 80.9 Å². The predicted octanol–water partition coefficient (Wildman–Crippen LogP) is 5.23. The van der Waals surface area contributed by atoms with E-state index in [1.807, 2.05) is 23.1 Å². The molecule has 4 rings (SSSR count). The summed E-state index contributed by atoms with van der Waals surface area (Å²) in [6.45, 7) is 14.6. The van der Waals surface area contributed by atoms with Gasteiger partial charge >= 0.3 is 0 Å². The summed E-state index contributed by atoms with van der Waals surface area (Å²) < 4.78 is 21.3. The maximum Gasteiger partial charge on any atom is 0.246 e. The van der Waals surface area contributed by atoms with E-state index in [1.54, 1.807) is 25.3 Å². The van der Waals surface area contributed by atoms with Crippen molar-refractivity contribution in [3.05, 3.63) is 71.2 Å². The van der Waals surface area contributed by atoms with Gasteiger partial charge in [-0.05, 0) is 81.4 Å². The van der Waals surface area contributed by atoms with Gasteiger partial charge in [-0.1, -0.05) is 26.0 Å². The molecule has 2 aromatic carbocycles. The molecule has 0 radical (unpaired) electrons. The highest BCUT2D eigenvalue weighted by molar-refractivity contribution is 5.98. The van der Waals surface area contributed by atoms with E-state index >= 15 is 0 Å². The van der Waals surface area contributed by atoms with E-state index in [-0.39, 0.29) is 11.7 Å². The molecule has 1 aliphatic heterocycles. The molecule has 0 saturated carbocycles. The first kappa shape index (κ1) is 28.8. The highest BCUT2D eigenvalue weighted by atomic mass is 19.1. The molecule has 1 aromatic heterocycles. The molecule has 7 heteroatoms. The molecule has 39 heavy (non-hydrogen) atoms. The third-order valence-electron chi connectivity index (χ3n) is 8.01. The number of rotatable bonds is 12. The van der Waals surface area contributed by atoms with Crippen LogP contribution in [0, 0.1) is 12.7 Å². The fourth-order valence-electron chi connectivity index (χ4n) is 5.54. The highest BCUT2D eigenvalue weighted by Gasteiger charge is 2.20. The van der Waals surface area contributed by atoms with Crippen molar-refractivity contribution in [3.8, 4) is 5.75 Å². The summed E-state index contributed by atoms with van der Waals surface area (Å²) in [5.74, 6) is 0.675. The zero-order chi connectivity index (χ0) is 27.8. The van der Waals surface area contributed by atoms with Crippen LogP contribution in [0.4, 0.5) is 4.39 Å². The fourth-order valence-corrected chi connectivity index (χ4v) is 5.54. The van der Waals surface area contributed by atoms with Gasteiger partial charge in [0, 0.05) is 67.5 Å². The Balaban J connectivity index is 1.40. The zero-order valence-electron chi connectivity index (χ0n) is 24.0. The summed E-state index contributed by atoms with van der Waals surface area (Å²) in [5, 5.41) is 1.11. The molecule has 2 heterocycles. The Morgan fingerprint density at radius 3 is 2.51 bits per heavy atom. The smallest absolute Gasteiger partial charge is 0.246 e. The van der Waals surface area contributed by atoms with Gasteiger partial charge in [0.15, 0.2) is 0 Å². The Labute approximate surface area is 232 Å². The fraction of sp³-hybridized carbons (Fsp3) is 0.469. The Kier molecular flexibility index (Phi) is 10.2. The number of amides is 1. The number of benzene rings is 2. The summed E-state index contributed by atoms with van der Waals surface area (Å²) in [5.41, 5.74) is 4.43. The van der Waals surface area contributed by atoms with Crippen molar-refractivity contribution in [3.63, 3.8) is 0 Å². The Bertz CT molecular complexity index is 1270. The van der Waals surface area contributed by atoms with E-state index in [1.165, 1.54) is 17.3 Å². The van der Waals surface area contributed by atoms with Gasteiger partial charge in [0.05, 0.1) is 7.11 Å². The number of aryl methyl sites for hydroxylation is 1. The van der Waals surface area contributed by atoms with Crippen LogP contribution in [-0.2, 0) is 17.8 Å². The highest BCUT2D eigenvalue weighted by Crippen LogP contribution is 2.31. The maximum absolute atomic E-state index is 13.5. The van der Waals surface area contributed by atoms with Crippen LogP contribution in [-0.4, -0.2) is 84.6 Å². The minimum absolute atomic E-state index is 0.0458. The number of piperazine rings is 1. The SMILES string of the molecule is CCN(CC)CCCn1c(C)c(/C=C/C(=O)N2CCN(CCc3cccc(F)c3)CC2)c2cc(OC)ccc21. The zero-order valence-corrected chi connectivity index (χ0v) is 24.0. The molecule has 0 N–H and O–H groups in total. The maximum atomic E-state index is 13.5. The number of ether oxygens (including phenoxy) is 1. The van der Waals surface area contributed by atoms with Gasteiger partial charge in [-0.2, -0.15) is 0 Å². The molecule has 0 bridgehead atoms. The quantitative estimate of drug-likeness (QED) is 0.299. The third-order valence-corrected chi connectivity index (χ3v) is 8.01. The summed E-state index contributed by atoms with van der Waals surface area (Å²) in [7, 11) is 1.69. The lowest BCUT2D eigenvalue weighted by atomic mass is 10.1. The van der Waals surface area contributed by atoms with Crippen LogP contribution >= 0.6 is 0 Å².